The Kier molecular flexibility index (Phi) is 7.54. The molecule has 1 aliphatic heterocycles. The molecule has 59 heavy (non-hydrogen) atoms. The van der Waals surface area contributed by atoms with Crippen LogP contribution in [0.5, 0.6) is 11.5 Å². The molecule has 4 nitrogen and oxygen atoms in total. The minimum atomic E-state index is -0.484. The molecular weight excluding hydrogens is 721 g/mol. The molecule has 2 aliphatic carbocycles. The van der Waals surface area contributed by atoms with Gasteiger partial charge in [0.15, 0.2) is 23.4 Å². The van der Waals surface area contributed by atoms with Gasteiger partial charge in [0.25, 0.3) is 0 Å². The second kappa shape index (κ2) is 13.3. The Hall–Kier alpha value is -7.56. The van der Waals surface area contributed by atoms with Gasteiger partial charge in [-0.1, -0.05) is 176 Å². The number of hydrogen-bond donors (Lipinski definition) is 0. The fourth-order valence-corrected chi connectivity index (χ4v) is 9.78. The fourth-order valence-electron chi connectivity index (χ4n) is 9.78. The molecule has 9 aromatic rings. The Morgan fingerprint density at radius 2 is 1.15 bits per heavy atom. The first-order valence-corrected chi connectivity index (χ1v) is 20.2. The lowest BCUT2D eigenvalue weighted by molar-refractivity contribution is 0.148. The van der Waals surface area contributed by atoms with E-state index in [4.69, 9.17) is 19.4 Å². The molecule has 8 aromatic carbocycles. The van der Waals surface area contributed by atoms with Crippen molar-refractivity contribution in [1.82, 2.24) is 9.97 Å². The summed E-state index contributed by atoms with van der Waals surface area (Å²) in [5.41, 5.74) is 13.0. The number of fused-ring (bicyclic) bond motifs is 6. The molecule has 0 fully saturated rings. The van der Waals surface area contributed by atoms with Crippen LogP contribution in [-0.2, 0) is 5.41 Å². The highest BCUT2D eigenvalue weighted by atomic mass is 16.6. The van der Waals surface area contributed by atoms with Crippen LogP contribution in [0.4, 0.5) is 0 Å². The van der Waals surface area contributed by atoms with E-state index in [0.717, 1.165) is 55.7 Å². The van der Waals surface area contributed by atoms with Gasteiger partial charge in [0.1, 0.15) is 5.76 Å². The van der Waals surface area contributed by atoms with Crippen molar-refractivity contribution < 1.29 is 9.47 Å². The van der Waals surface area contributed by atoms with Crippen molar-refractivity contribution in [3.63, 3.8) is 0 Å². The quantitative estimate of drug-likeness (QED) is 0.175. The lowest BCUT2D eigenvalue weighted by atomic mass is 9.66. The van der Waals surface area contributed by atoms with Crippen LogP contribution >= 0.6 is 0 Å². The van der Waals surface area contributed by atoms with E-state index in [1.54, 1.807) is 0 Å². The Bertz CT molecular complexity index is 3160. The fraction of sp³-hybridized carbons (Fsp3) is 0.0545. The van der Waals surface area contributed by atoms with Gasteiger partial charge in [-0.25, -0.2) is 9.97 Å². The predicted octanol–water partition coefficient (Wildman–Crippen LogP) is 13.0. The Labute approximate surface area is 342 Å². The number of rotatable bonds is 5. The second-order valence-electron chi connectivity index (χ2n) is 15.5. The number of ether oxygens (including phenoxy) is 2. The van der Waals surface area contributed by atoms with E-state index in [1.807, 2.05) is 12.1 Å². The van der Waals surface area contributed by atoms with Crippen LogP contribution in [0.1, 0.15) is 28.7 Å². The van der Waals surface area contributed by atoms with Crippen LogP contribution in [0.3, 0.4) is 0 Å². The maximum Gasteiger partial charge on any atom is 0.169 e. The maximum atomic E-state index is 6.96. The van der Waals surface area contributed by atoms with E-state index < -0.39 is 5.41 Å². The lowest BCUT2D eigenvalue weighted by Gasteiger charge is -2.37. The first kappa shape index (κ1) is 33.6. The van der Waals surface area contributed by atoms with Crippen molar-refractivity contribution in [3.8, 4) is 45.3 Å². The van der Waals surface area contributed by atoms with E-state index in [9.17, 15) is 0 Å². The molecule has 2 heterocycles. The molecule has 0 saturated heterocycles. The smallest absolute Gasteiger partial charge is 0.169 e. The lowest BCUT2D eigenvalue weighted by Crippen LogP contribution is -2.33. The molecule has 0 radical (unpaired) electrons. The molecule has 1 aromatic heterocycles. The highest BCUT2D eigenvalue weighted by Crippen LogP contribution is 2.58. The van der Waals surface area contributed by atoms with Crippen molar-refractivity contribution in [3.05, 3.63) is 234 Å². The molecule has 0 N–H and O–H groups in total. The molecule has 0 spiro atoms. The van der Waals surface area contributed by atoms with Crippen LogP contribution in [-0.4, -0.2) is 16.1 Å². The summed E-state index contributed by atoms with van der Waals surface area (Å²) in [5.74, 6) is 2.94. The summed E-state index contributed by atoms with van der Waals surface area (Å²) in [6.07, 6.45) is 2.69. The summed E-state index contributed by atoms with van der Waals surface area (Å²) in [6.45, 7) is 0. The number of benzene rings is 8. The van der Waals surface area contributed by atoms with Crippen molar-refractivity contribution >= 4 is 27.2 Å². The number of hydrogen-bond acceptors (Lipinski definition) is 4. The normalized spacial score (nSPS) is 16.0. The summed E-state index contributed by atoms with van der Waals surface area (Å²) in [7, 11) is 0. The third-order valence-corrected chi connectivity index (χ3v) is 12.4. The van der Waals surface area contributed by atoms with Gasteiger partial charge in [-0.05, 0) is 79.6 Å². The highest BCUT2D eigenvalue weighted by molar-refractivity contribution is 6.04. The van der Waals surface area contributed by atoms with Gasteiger partial charge in [-0.15, -0.1) is 0 Å². The number of aromatic nitrogens is 2. The maximum absolute atomic E-state index is 6.96. The topological polar surface area (TPSA) is 44.2 Å². The molecule has 3 aliphatic rings. The molecule has 1 atom stereocenters. The van der Waals surface area contributed by atoms with Gasteiger partial charge < -0.3 is 9.47 Å². The highest BCUT2D eigenvalue weighted by Gasteiger charge is 2.50. The van der Waals surface area contributed by atoms with Gasteiger partial charge in [0.05, 0.1) is 16.6 Å². The zero-order chi connectivity index (χ0) is 38.9. The summed E-state index contributed by atoms with van der Waals surface area (Å²) >= 11 is 0. The Morgan fingerprint density at radius 1 is 0.508 bits per heavy atom. The van der Waals surface area contributed by atoms with E-state index in [0.29, 0.717) is 18.0 Å². The minimum Gasteiger partial charge on any atom is -0.478 e. The van der Waals surface area contributed by atoms with Crippen molar-refractivity contribution in [2.45, 2.75) is 17.9 Å². The molecular formula is C55H36N2O2. The SMILES string of the molecule is C1=C2Oc3ccc(-c4ccccc4-c4nc(-c5cccc6ccccc56)c5ccccc5n4)cc3OC2CC2=C1C(c1ccccc1)(c1ccccc1)c1ccccc12. The summed E-state index contributed by atoms with van der Waals surface area (Å²) in [4.78, 5) is 10.5. The van der Waals surface area contributed by atoms with Crippen LogP contribution < -0.4 is 9.47 Å². The largest absolute Gasteiger partial charge is 0.478 e. The number of para-hydroxylation sites is 1. The monoisotopic (exact) mass is 756 g/mol. The molecule has 1 unspecified atom stereocenters. The van der Waals surface area contributed by atoms with Crippen molar-refractivity contribution in [1.29, 1.82) is 0 Å². The van der Waals surface area contributed by atoms with Gasteiger partial charge in [0.2, 0.25) is 0 Å². The minimum absolute atomic E-state index is 0.269. The summed E-state index contributed by atoms with van der Waals surface area (Å²) in [6, 6.07) is 68.5. The van der Waals surface area contributed by atoms with Gasteiger partial charge >= 0.3 is 0 Å². The second-order valence-corrected chi connectivity index (χ2v) is 15.5. The average molecular weight is 757 g/mol. The third kappa shape index (κ3) is 5.16. The molecule has 0 saturated carbocycles. The van der Waals surface area contributed by atoms with Crippen LogP contribution in [0.2, 0.25) is 0 Å². The number of nitrogens with zero attached hydrogens (tertiary/aromatic N) is 2. The molecule has 0 amide bonds. The molecule has 278 valence electrons. The van der Waals surface area contributed by atoms with E-state index in [1.165, 1.54) is 38.8 Å². The summed E-state index contributed by atoms with van der Waals surface area (Å²) < 4.78 is 13.8. The van der Waals surface area contributed by atoms with Gasteiger partial charge in [-0.2, -0.15) is 0 Å². The van der Waals surface area contributed by atoms with Crippen LogP contribution in [0.15, 0.2) is 212 Å². The van der Waals surface area contributed by atoms with Crippen molar-refractivity contribution in [2.75, 3.05) is 0 Å². The molecule has 4 heteroatoms. The third-order valence-electron chi connectivity index (χ3n) is 12.4. The van der Waals surface area contributed by atoms with Crippen LogP contribution in [0, 0.1) is 0 Å². The Morgan fingerprint density at radius 3 is 1.97 bits per heavy atom. The zero-order valence-electron chi connectivity index (χ0n) is 32.0. The first-order chi connectivity index (χ1) is 29.2. The van der Waals surface area contributed by atoms with Gasteiger partial charge in [-0.3, -0.25) is 0 Å². The first-order valence-electron chi connectivity index (χ1n) is 20.2. The summed E-state index contributed by atoms with van der Waals surface area (Å²) in [5, 5.41) is 3.36. The van der Waals surface area contributed by atoms with E-state index >= 15 is 0 Å². The number of allylic oxidation sites excluding steroid dienone is 2. The standard InChI is InChI=1S/C55H36N2O2/c1-3-18-37(19-4-1)55(38-20-5-2-6-21-38)46-28-13-11-24-41(46)45-33-51-52(34-47(45)55)58-49-31-30-36(32-50(49)59-51)40-23-9-10-25-43(40)54-56-48-29-14-12-26-44(48)53(57-54)42-27-15-17-35-16-7-8-22-39(35)42/h1-32,34,51H,33H2. The van der Waals surface area contributed by atoms with Crippen molar-refractivity contribution in [2.24, 2.45) is 0 Å². The predicted molar refractivity (Wildman–Crippen MR) is 237 cm³/mol. The Balaban J connectivity index is 0.951. The van der Waals surface area contributed by atoms with Gasteiger partial charge in [0, 0.05) is 22.9 Å². The average Bonchev–Trinajstić information content (AvgIpc) is 3.59. The molecule has 12 rings (SSSR count). The van der Waals surface area contributed by atoms with Crippen LogP contribution in [0.25, 0.3) is 61.0 Å². The zero-order valence-corrected chi connectivity index (χ0v) is 32.0. The van der Waals surface area contributed by atoms with E-state index in [2.05, 4.69) is 188 Å². The van der Waals surface area contributed by atoms with E-state index in [-0.39, 0.29) is 6.10 Å². The molecule has 0 bridgehead atoms.